The van der Waals surface area contributed by atoms with Gasteiger partial charge in [-0.15, -0.1) is 0 Å². The summed E-state index contributed by atoms with van der Waals surface area (Å²) in [5.41, 5.74) is -0.0964. The van der Waals surface area contributed by atoms with E-state index in [1.807, 2.05) is 6.92 Å². The van der Waals surface area contributed by atoms with Crippen molar-refractivity contribution in [3.05, 3.63) is 34.1 Å². The van der Waals surface area contributed by atoms with E-state index in [1.165, 1.54) is 12.1 Å². The molecule has 104 valence electrons. The molecule has 1 unspecified atom stereocenters. The second-order valence-electron chi connectivity index (χ2n) is 4.16. The summed E-state index contributed by atoms with van der Waals surface area (Å²) >= 11 is 3.00. The molecule has 6 heteroatoms. The van der Waals surface area contributed by atoms with Gasteiger partial charge >= 0.3 is 5.97 Å². The Morgan fingerprint density at radius 3 is 2.74 bits per heavy atom. The zero-order chi connectivity index (χ0) is 14.4. The zero-order valence-corrected chi connectivity index (χ0v) is 12.0. The lowest BCUT2D eigenvalue weighted by Gasteiger charge is -2.16. The molecule has 0 saturated heterocycles. The first-order valence-corrected chi connectivity index (χ1v) is 6.71. The second-order valence-corrected chi connectivity index (χ2v) is 5.01. The van der Waals surface area contributed by atoms with Gasteiger partial charge in [0.1, 0.15) is 5.82 Å². The molecule has 1 amide bonds. The molecule has 0 aromatic heterocycles. The molecule has 0 saturated carbocycles. The number of carboxylic acid groups (broad SMARTS) is 1. The Bertz CT molecular complexity index is 479. The lowest BCUT2D eigenvalue weighted by Crippen LogP contribution is -2.36. The van der Waals surface area contributed by atoms with Crippen LogP contribution in [0.5, 0.6) is 0 Å². The molecular weight excluding hydrogens is 317 g/mol. The van der Waals surface area contributed by atoms with E-state index in [1.54, 1.807) is 6.07 Å². The molecule has 0 aliphatic rings. The van der Waals surface area contributed by atoms with Crippen molar-refractivity contribution in [2.45, 2.75) is 32.2 Å². The van der Waals surface area contributed by atoms with E-state index in [-0.39, 0.29) is 16.5 Å². The SMILES string of the molecule is CCCC(CC(=O)O)NC(=O)c1cccc(Br)c1F. The van der Waals surface area contributed by atoms with Crippen molar-refractivity contribution < 1.29 is 19.1 Å². The first kappa shape index (κ1) is 15.6. The molecule has 0 spiro atoms. The average Bonchev–Trinajstić information content (AvgIpc) is 2.32. The third-order valence-electron chi connectivity index (χ3n) is 2.59. The molecule has 19 heavy (non-hydrogen) atoms. The monoisotopic (exact) mass is 331 g/mol. The van der Waals surface area contributed by atoms with Gasteiger partial charge in [-0.3, -0.25) is 9.59 Å². The van der Waals surface area contributed by atoms with Crippen LogP contribution < -0.4 is 5.32 Å². The lowest BCUT2D eigenvalue weighted by molar-refractivity contribution is -0.137. The Morgan fingerprint density at radius 2 is 2.16 bits per heavy atom. The number of rotatable bonds is 6. The first-order chi connectivity index (χ1) is 8.95. The zero-order valence-electron chi connectivity index (χ0n) is 10.5. The summed E-state index contributed by atoms with van der Waals surface area (Å²) in [7, 11) is 0. The normalized spacial score (nSPS) is 11.9. The highest BCUT2D eigenvalue weighted by molar-refractivity contribution is 9.10. The van der Waals surface area contributed by atoms with Gasteiger partial charge in [-0.2, -0.15) is 0 Å². The minimum Gasteiger partial charge on any atom is -0.481 e. The van der Waals surface area contributed by atoms with Crippen LogP contribution >= 0.6 is 15.9 Å². The smallest absolute Gasteiger partial charge is 0.305 e. The molecule has 0 aliphatic carbocycles. The summed E-state index contributed by atoms with van der Waals surface area (Å²) in [4.78, 5) is 22.6. The first-order valence-electron chi connectivity index (χ1n) is 5.92. The van der Waals surface area contributed by atoms with Gasteiger partial charge in [0.25, 0.3) is 5.91 Å². The third kappa shape index (κ3) is 4.63. The minimum atomic E-state index is -0.992. The molecule has 0 heterocycles. The molecule has 2 N–H and O–H groups in total. The maximum absolute atomic E-state index is 13.7. The Labute approximate surface area is 119 Å². The minimum absolute atomic E-state index is 0.0964. The molecule has 1 rings (SSSR count). The number of hydrogen-bond acceptors (Lipinski definition) is 2. The number of carbonyl (C=O) groups excluding carboxylic acids is 1. The highest BCUT2D eigenvalue weighted by Gasteiger charge is 2.19. The van der Waals surface area contributed by atoms with Crippen molar-refractivity contribution in [1.82, 2.24) is 5.32 Å². The molecule has 0 aliphatic heterocycles. The lowest BCUT2D eigenvalue weighted by atomic mass is 10.1. The van der Waals surface area contributed by atoms with Crippen LogP contribution in [-0.2, 0) is 4.79 Å². The van der Waals surface area contributed by atoms with Gasteiger partial charge in [0.15, 0.2) is 0 Å². The van der Waals surface area contributed by atoms with Crippen LogP contribution in [0.1, 0.15) is 36.5 Å². The van der Waals surface area contributed by atoms with E-state index < -0.39 is 23.7 Å². The van der Waals surface area contributed by atoms with Crippen LogP contribution in [0.15, 0.2) is 22.7 Å². The van der Waals surface area contributed by atoms with Crippen molar-refractivity contribution in [2.75, 3.05) is 0 Å². The van der Waals surface area contributed by atoms with Crippen LogP contribution in [0.4, 0.5) is 4.39 Å². The number of aliphatic carboxylic acids is 1. The summed E-state index contributed by atoms with van der Waals surface area (Å²) < 4.78 is 13.9. The Kier molecular flexibility index (Phi) is 5.95. The molecule has 1 aromatic rings. The van der Waals surface area contributed by atoms with E-state index in [2.05, 4.69) is 21.2 Å². The quantitative estimate of drug-likeness (QED) is 0.842. The van der Waals surface area contributed by atoms with Crippen LogP contribution in [0, 0.1) is 5.82 Å². The van der Waals surface area contributed by atoms with E-state index in [9.17, 15) is 14.0 Å². The van der Waals surface area contributed by atoms with Gasteiger partial charge in [-0.05, 0) is 34.5 Å². The summed E-state index contributed by atoms with van der Waals surface area (Å²) in [5, 5.41) is 11.3. The van der Waals surface area contributed by atoms with E-state index in [0.717, 1.165) is 6.42 Å². The maximum Gasteiger partial charge on any atom is 0.305 e. The molecular formula is C13H15BrFNO3. The van der Waals surface area contributed by atoms with Gasteiger partial charge in [0.2, 0.25) is 0 Å². The molecule has 0 bridgehead atoms. The molecule has 0 fully saturated rings. The fourth-order valence-electron chi connectivity index (χ4n) is 1.73. The number of carbonyl (C=O) groups is 2. The number of amides is 1. The topological polar surface area (TPSA) is 66.4 Å². The fourth-order valence-corrected chi connectivity index (χ4v) is 2.09. The maximum atomic E-state index is 13.7. The number of hydrogen-bond donors (Lipinski definition) is 2. The van der Waals surface area contributed by atoms with E-state index in [4.69, 9.17) is 5.11 Å². The molecule has 1 aromatic carbocycles. The molecule has 1 atom stereocenters. The molecule has 4 nitrogen and oxygen atoms in total. The number of benzene rings is 1. The van der Waals surface area contributed by atoms with Crippen molar-refractivity contribution >= 4 is 27.8 Å². The Hall–Kier alpha value is -1.43. The highest BCUT2D eigenvalue weighted by atomic mass is 79.9. The summed E-state index contributed by atoms with van der Waals surface area (Å²) in [5.74, 6) is -2.24. The standard InChI is InChI=1S/C13H15BrFNO3/c1-2-4-8(7-11(17)18)16-13(19)9-5-3-6-10(14)12(9)15/h3,5-6,8H,2,4,7H2,1H3,(H,16,19)(H,17,18). The van der Waals surface area contributed by atoms with Crippen LogP contribution in [0.3, 0.4) is 0 Å². The average molecular weight is 332 g/mol. The second kappa shape index (κ2) is 7.23. The highest BCUT2D eigenvalue weighted by Crippen LogP contribution is 2.18. The van der Waals surface area contributed by atoms with E-state index >= 15 is 0 Å². The van der Waals surface area contributed by atoms with Crippen molar-refractivity contribution in [3.63, 3.8) is 0 Å². The largest absolute Gasteiger partial charge is 0.481 e. The summed E-state index contributed by atoms with van der Waals surface area (Å²) in [6, 6.07) is 3.91. The Balaban J connectivity index is 2.81. The van der Waals surface area contributed by atoms with Crippen LogP contribution in [0.2, 0.25) is 0 Å². The summed E-state index contributed by atoms with van der Waals surface area (Å²) in [6.07, 6.45) is 1.10. The van der Waals surface area contributed by atoms with Crippen LogP contribution in [-0.4, -0.2) is 23.0 Å². The fraction of sp³-hybridized carbons (Fsp3) is 0.385. The van der Waals surface area contributed by atoms with E-state index in [0.29, 0.717) is 6.42 Å². The van der Waals surface area contributed by atoms with Crippen molar-refractivity contribution in [1.29, 1.82) is 0 Å². The molecule has 0 radical (unpaired) electrons. The van der Waals surface area contributed by atoms with Gasteiger partial charge in [-0.25, -0.2) is 4.39 Å². The number of nitrogens with one attached hydrogen (secondary N) is 1. The number of carboxylic acids is 1. The van der Waals surface area contributed by atoms with Crippen molar-refractivity contribution in [2.24, 2.45) is 0 Å². The van der Waals surface area contributed by atoms with Gasteiger partial charge in [0, 0.05) is 6.04 Å². The van der Waals surface area contributed by atoms with Gasteiger partial charge in [-0.1, -0.05) is 19.4 Å². The van der Waals surface area contributed by atoms with Gasteiger partial charge in [0.05, 0.1) is 16.5 Å². The number of halogens is 2. The summed E-state index contributed by atoms with van der Waals surface area (Å²) in [6.45, 7) is 1.89. The van der Waals surface area contributed by atoms with Crippen LogP contribution in [0.25, 0.3) is 0 Å². The Morgan fingerprint density at radius 1 is 1.47 bits per heavy atom. The predicted octanol–water partition coefficient (Wildman–Crippen LogP) is 2.96. The van der Waals surface area contributed by atoms with Crippen molar-refractivity contribution in [3.8, 4) is 0 Å². The van der Waals surface area contributed by atoms with Gasteiger partial charge < -0.3 is 10.4 Å². The third-order valence-corrected chi connectivity index (χ3v) is 3.20. The predicted molar refractivity (Wildman–Crippen MR) is 72.5 cm³/mol.